The van der Waals surface area contributed by atoms with Crippen molar-refractivity contribution in [3.05, 3.63) is 44.9 Å². The number of nitrogens with two attached hydrogens (primary N) is 1. The molecule has 1 aliphatic heterocycles. The molecule has 1 aliphatic rings. The minimum Gasteiger partial charge on any atom is -0.492 e. The standard InChI is InChI=1S/C21H21BrClNO6/c1-21(2,3)30-20(27)10-4-5-15(14(24)8-10)29-18-13(23)9-12-11(19(25)26)6-7-28-17(12)16(18)22/h4-5,8-9,11H,6-7,24H2,1-3H3,(H,25,26). The van der Waals surface area contributed by atoms with Crippen molar-refractivity contribution in [3.63, 3.8) is 0 Å². The number of benzene rings is 2. The van der Waals surface area contributed by atoms with Crippen LogP contribution in [0.5, 0.6) is 17.2 Å². The molecule has 3 rings (SSSR count). The fraction of sp³-hybridized carbons (Fsp3) is 0.333. The van der Waals surface area contributed by atoms with E-state index < -0.39 is 23.5 Å². The van der Waals surface area contributed by atoms with Crippen LogP contribution in [0.15, 0.2) is 28.7 Å². The van der Waals surface area contributed by atoms with E-state index in [0.29, 0.717) is 22.2 Å². The van der Waals surface area contributed by atoms with Gasteiger partial charge in [-0.3, -0.25) is 4.79 Å². The van der Waals surface area contributed by atoms with Gasteiger partial charge in [-0.1, -0.05) is 11.6 Å². The van der Waals surface area contributed by atoms with Crippen molar-refractivity contribution in [3.8, 4) is 17.2 Å². The summed E-state index contributed by atoms with van der Waals surface area (Å²) in [7, 11) is 0. The number of nitrogen functional groups attached to an aromatic ring is 1. The van der Waals surface area contributed by atoms with E-state index in [1.165, 1.54) is 24.3 Å². The van der Waals surface area contributed by atoms with E-state index in [9.17, 15) is 14.7 Å². The van der Waals surface area contributed by atoms with Gasteiger partial charge in [-0.2, -0.15) is 0 Å². The Morgan fingerprint density at radius 1 is 1.30 bits per heavy atom. The predicted octanol–water partition coefficient (Wildman–Crippen LogP) is 5.38. The van der Waals surface area contributed by atoms with Gasteiger partial charge in [0.15, 0.2) is 5.75 Å². The summed E-state index contributed by atoms with van der Waals surface area (Å²) in [5.41, 5.74) is 6.42. The van der Waals surface area contributed by atoms with Crippen LogP contribution in [-0.2, 0) is 9.53 Å². The fourth-order valence-electron chi connectivity index (χ4n) is 3.01. The topological polar surface area (TPSA) is 108 Å². The van der Waals surface area contributed by atoms with Crippen LogP contribution in [0.3, 0.4) is 0 Å². The first kappa shape index (κ1) is 22.2. The lowest BCUT2D eigenvalue weighted by Gasteiger charge is -2.26. The molecular formula is C21H21BrClNO6. The lowest BCUT2D eigenvalue weighted by molar-refractivity contribution is -0.139. The number of carbonyl (C=O) groups excluding carboxylic acids is 1. The molecule has 0 bridgehead atoms. The molecule has 0 amide bonds. The van der Waals surface area contributed by atoms with Crippen molar-refractivity contribution in [1.82, 2.24) is 0 Å². The Labute approximate surface area is 187 Å². The number of esters is 1. The normalized spacial score (nSPS) is 15.7. The van der Waals surface area contributed by atoms with Crippen molar-refractivity contribution in [1.29, 1.82) is 0 Å². The molecule has 0 aromatic heterocycles. The first-order valence-electron chi connectivity index (χ1n) is 9.16. The average Bonchev–Trinajstić information content (AvgIpc) is 2.64. The minimum absolute atomic E-state index is 0.202. The molecule has 0 radical (unpaired) electrons. The number of aliphatic carboxylic acids is 1. The molecule has 0 fully saturated rings. The number of halogens is 2. The molecular weight excluding hydrogens is 478 g/mol. The van der Waals surface area contributed by atoms with Gasteiger partial charge < -0.3 is 25.1 Å². The van der Waals surface area contributed by atoms with E-state index in [0.717, 1.165) is 0 Å². The Kier molecular flexibility index (Phi) is 6.19. The number of hydrogen-bond acceptors (Lipinski definition) is 6. The molecule has 0 spiro atoms. The molecule has 7 nitrogen and oxygen atoms in total. The molecule has 3 N–H and O–H groups in total. The second kappa shape index (κ2) is 8.35. The third kappa shape index (κ3) is 4.65. The van der Waals surface area contributed by atoms with Crippen molar-refractivity contribution >= 4 is 45.2 Å². The number of carbonyl (C=O) groups is 2. The zero-order valence-electron chi connectivity index (χ0n) is 16.6. The Balaban J connectivity index is 1.92. The highest BCUT2D eigenvalue weighted by atomic mass is 79.9. The average molecular weight is 499 g/mol. The maximum atomic E-state index is 12.2. The van der Waals surface area contributed by atoms with Gasteiger partial charge in [0.25, 0.3) is 0 Å². The Bertz CT molecular complexity index is 1020. The minimum atomic E-state index is -0.946. The second-order valence-corrected chi connectivity index (χ2v) is 9.00. The van der Waals surface area contributed by atoms with Crippen LogP contribution in [0, 0.1) is 0 Å². The van der Waals surface area contributed by atoms with Gasteiger partial charge in [0.2, 0.25) is 0 Å². The maximum absolute atomic E-state index is 12.2. The zero-order chi connectivity index (χ0) is 22.2. The number of anilines is 1. The second-order valence-electron chi connectivity index (χ2n) is 7.80. The number of ether oxygens (including phenoxy) is 3. The van der Waals surface area contributed by atoms with Gasteiger partial charge in [-0.25, -0.2) is 4.79 Å². The molecule has 30 heavy (non-hydrogen) atoms. The van der Waals surface area contributed by atoms with Gasteiger partial charge in [0, 0.05) is 5.56 Å². The number of carboxylic acid groups (broad SMARTS) is 1. The van der Waals surface area contributed by atoms with E-state index >= 15 is 0 Å². The third-order valence-electron chi connectivity index (χ3n) is 4.34. The Morgan fingerprint density at radius 2 is 2.00 bits per heavy atom. The Hall–Kier alpha value is -2.45. The zero-order valence-corrected chi connectivity index (χ0v) is 19.0. The van der Waals surface area contributed by atoms with Crippen LogP contribution >= 0.6 is 27.5 Å². The van der Waals surface area contributed by atoms with E-state index in [-0.39, 0.29) is 34.4 Å². The summed E-state index contributed by atoms with van der Waals surface area (Å²) >= 11 is 9.78. The van der Waals surface area contributed by atoms with Crippen LogP contribution in [-0.4, -0.2) is 29.3 Å². The van der Waals surface area contributed by atoms with Crippen LogP contribution in [0.1, 0.15) is 49.0 Å². The van der Waals surface area contributed by atoms with Crippen LogP contribution in [0.4, 0.5) is 5.69 Å². The van der Waals surface area contributed by atoms with E-state index in [2.05, 4.69) is 15.9 Å². The highest BCUT2D eigenvalue weighted by molar-refractivity contribution is 9.10. The summed E-state index contributed by atoms with van der Waals surface area (Å²) in [6, 6.07) is 6.06. The number of fused-ring (bicyclic) bond motifs is 1. The predicted molar refractivity (Wildman–Crippen MR) is 116 cm³/mol. The van der Waals surface area contributed by atoms with Crippen LogP contribution in [0.25, 0.3) is 0 Å². The highest BCUT2D eigenvalue weighted by Crippen LogP contribution is 2.49. The van der Waals surface area contributed by atoms with Gasteiger partial charge in [-0.05, 0) is 67.4 Å². The van der Waals surface area contributed by atoms with Gasteiger partial charge in [0.05, 0.1) is 28.8 Å². The number of rotatable bonds is 4. The SMILES string of the molecule is CC(C)(C)OC(=O)c1ccc(Oc2c(Cl)cc3c(c2Br)OCCC3C(=O)O)c(N)c1. The molecule has 9 heteroatoms. The molecule has 2 aromatic rings. The fourth-order valence-corrected chi connectivity index (χ4v) is 4.01. The first-order valence-corrected chi connectivity index (χ1v) is 10.3. The van der Waals surface area contributed by atoms with E-state index in [1.807, 2.05) is 0 Å². The molecule has 160 valence electrons. The quantitative estimate of drug-likeness (QED) is 0.430. The van der Waals surface area contributed by atoms with Gasteiger partial charge >= 0.3 is 11.9 Å². The summed E-state index contributed by atoms with van der Waals surface area (Å²) in [5, 5.41) is 9.65. The van der Waals surface area contributed by atoms with Gasteiger partial charge in [0.1, 0.15) is 21.6 Å². The summed E-state index contributed by atoms with van der Waals surface area (Å²) in [6.45, 7) is 5.59. The molecule has 1 heterocycles. The van der Waals surface area contributed by atoms with Crippen molar-refractivity contribution in [2.45, 2.75) is 38.7 Å². The highest BCUT2D eigenvalue weighted by Gasteiger charge is 2.32. The summed E-state index contributed by atoms with van der Waals surface area (Å²) in [4.78, 5) is 23.8. The molecule has 1 unspecified atom stereocenters. The lowest BCUT2D eigenvalue weighted by atomic mass is 9.93. The summed E-state index contributed by atoms with van der Waals surface area (Å²) in [5.74, 6) is -1.28. The van der Waals surface area contributed by atoms with Crippen molar-refractivity contribution < 1.29 is 28.9 Å². The third-order valence-corrected chi connectivity index (χ3v) is 5.34. The molecule has 1 atom stereocenters. The molecule has 0 saturated heterocycles. The van der Waals surface area contributed by atoms with E-state index in [4.69, 9.17) is 31.5 Å². The molecule has 0 saturated carbocycles. The number of hydrogen-bond donors (Lipinski definition) is 2. The number of carboxylic acids is 1. The van der Waals surface area contributed by atoms with Crippen LogP contribution < -0.4 is 15.2 Å². The first-order chi connectivity index (χ1) is 14.0. The maximum Gasteiger partial charge on any atom is 0.338 e. The van der Waals surface area contributed by atoms with Crippen LogP contribution in [0.2, 0.25) is 5.02 Å². The summed E-state index contributed by atoms with van der Waals surface area (Å²) in [6.07, 6.45) is 0.352. The largest absolute Gasteiger partial charge is 0.492 e. The van der Waals surface area contributed by atoms with Crippen molar-refractivity contribution in [2.24, 2.45) is 0 Å². The lowest BCUT2D eigenvalue weighted by Crippen LogP contribution is -2.23. The van der Waals surface area contributed by atoms with Gasteiger partial charge in [-0.15, -0.1) is 0 Å². The molecule has 0 aliphatic carbocycles. The summed E-state index contributed by atoms with van der Waals surface area (Å²) < 4.78 is 17.3. The Morgan fingerprint density at radius 3 is 2.60 bits per heavy atom. The van der Waals surface area contributed by atoms with Crippen molar-refractivity contribution in [2.75, 3.05) is 12.3 Å². The molecule has 2 aromatic carbocycles. The monoisotopic (exact) mass is 497 g/mol. The smallest absolute Gasteiger partial charge is 0.338 e. The van der Waals surface area contributed by atoms with E-state index in [1.54, 1.807) is 20.8 Å².